The van der Waals surface area contributed by atoms with Crippen LogP contribution in [0.1, 0.15) is 15.9 Å². The van der Waals surface area contributed by atoms with Crippen LogP contribution in [0.25, 0.3) is 6.08 Å². The number of hydrogen-bond acceptors (Lipinski definition) is 4. The normalized spacial score (nSPS) is 10.2. The Morgan fingerprint density at radius 1 is 1.08 bits per heavy atom. The van der Waals surface area contributed by atoms with E-state index >= 15 is 0 Å². The topological polar surface area (TPSA) is 79.5 Å². The first-order valence-corrected chi connectivity index (χ1v) is 8.68. The molecule has 2 aromatic rings. The molecule has 2 rings (SSSR count). The van der Waals surface area contributed by atoms with Gasteiger partial charge in [0.1, 0.15) is 5.75 Å². The molecule has 0 aliphatic rings. The van der Waals surface area contributed by atoms with Gasteiger partial charge in [-0.1, -0.05) is 30.3 Å². The molecule has 0 saturated carbocycles. The van der Waals surface area contributed by atoms with Gasteiger partial charge < -0.3 is 4.74 Å². The van der Waals surface area contributed by atoms with Crippen LogP contribution in [-0.4, -0.2) is 24.0 Å². The molecule has 0 spiro atoms. The molecule has 2 aromatic carbocycles. The second kappa shape index (κ2) is 9.69. The highest BCUT2D eigenvalue weighted by atomic mass is 79.9. The van der Waals surface area contributed by atoms with Gasteiger partial charge in [0.15, 0.2) is 5.11 Å². The van der Waals surface area contributed by atoms with Crippen LogP contribution in [0, 0.1) is 0 Å². The summed E-state index contributed by atoms with van der Waals surface area (Å²) < 4.78 is 5.85. The number of thiocarbonyl (C=S) groups is 1. The average molecular weight is 434 g/mol. The zero-order chi connectivity index (χ0) is 18.9. The van der Waals surface area contributed by atoms with Crippen molar-refractivity contribution in [3.05, 3.63) is 70.2 Å². The fourth-order valence-corrected chi connectivity index (χ4v) is 2.60. The van der Waals surface area contributed by atoms with Crippen LogP contribution in [0.2, 0.25) is 0 Å². The summed E-state index contributed by atoms with van der Waals surface area (Å²) in [5.41, 5.74) is 6.09. The number of hydrazine groups is 1. The predicted octanol–water partition coefficient (Wildman–Crippen LogP) is 2.81. The molecule has 134 valence electrons. The predicted molar refractivity (Wildman–Crippen MR) is 108 cm³/mol. The van der Waals surface area contributed by atoms with Gasteiger partial charge in [-0.3, -0.25) is 25.8 Å². The minimum absolute atomic E-state index is 0.0277. The lowest BCUT2D eigenvalue weighted by Gasteiger charge is -2.10. The number of halogens is 1. The summed E-state index contributed by atoms with van der Waals surface area (Å²) in [6, 6.07) is 14.2. The fraction of sp³-hybridized carbons (Fsp3) is 0.0556. The molecule has 0 atom stereocenters. The fourth-order valence-electron chi connectivity index (χ4n) is 1.98. The van der Waals surface area contributed by atoms with Crippen LogP contribution in [-0.2, 0) is 4.79 Å². The Hall–Kier alpha value is -2.71. The number of nitrogens with one attached hydrogen (secondary N) is 3. The molecule has 0 aromatic heterocycles. The third-order valence-electron chi connectivity index (χ3n) is 3.20. The van der Waals surface area contributed by atoms with Crippen LogP contribution >= 0.6 is 28.1 Å². The number of amides is 2. The lowest BCUT2D eigenvalue weighted by molar-refractivity contribution is -0.115. The first kappa shape index (κ1) is 19.6. The molecule has 0 saturated heterocycles. The summed E-state index contributed by atoms with van der Waals surface area (Å²) in [6.07, 6.45) is 2.93. The highest BCUT2D eigenvalue weighted by Crippen LogP contribution is 2.18. The maximum absolute atomic E-state index is 12.0. The maximum atomic E-state index is 12.0. The van der Waals surface area contributed by atoms with Crippen LogP contribution in [0.3, 0.4) is 0 Å². The van der Waals surface area contributed by atoms with E-state index in [0.29, 0.717) is 15.8 Å². The standard InChI is InChI=1S/C18H16BrN3O3S/c1-25-15-9-5-2-6-12(15)10-11-16(23)20-18(26)22-21-17(24)13-7-3-4-8-14(13)19/h2-11H,1H3,(H,21,24)(H2,20,22,23,26)/b11-10+. The molecule has 3 N–H and O–H groups in total. The number of carbonyl (C=O) groups excluding carboxylic acids is 2. The van der Waals surface area contributed by atoms with E-state index in [1.54, 1.807) is 43.5 Å². The Balaban J connectivity index is 1.85. The van der Waals surface area contributed by atoms with Crippen molar-refractivity contribution in [2.24, 2.45) is 0 Å². The Kier molecular flexibility index (Phi) is 7.31. The number of para-hydroxylation sites is 1. The maximum Gasteiger partial charge on any atom is 0.270 e. The largest absolute Gasteiger partial charge is 0.496 e. The SMILES string of the molecule is COc1ccccc1/C=C/C(=O)NC(=S)NNC(=O)c1ccccc1Br. The second-order valence-corrected chi connectivity index (χ2v) is 6.22. The van der Waals surface area contributed by atoms with E-state index in [1.165, 1.54) is 6.08 Å². The van der Waals surface area contributed by atoms with E-state index in [2.05, 4.69) is 32.1 Å². The first-order valence-electron chi connectivity index (χ1n) is 7.48. The van der Waals surface area contributed by atoms with Gasteiger partial charge in [0.2, 0.25) is 5.91 Å². The highest BCUT2D eigenvalue weighted by Gasteiger charge is 2.09. The van der Waals surface area contributed by atoms with Crippen LogP contribution in [0.5, 0.6) is 5.75 Å². The molecule has 26 heavy (non-hydrogen) atoms. The van der Waals surface area contributed by atoms with E-state index in [-0.39, 0.29) is 5.11 Å². The minimum Gasteiger partial charge on any atom is -0.496 e. The van der Waals surface area contributed by atoms with E-state index in [9.17, 15) is 9.59 Å². The second-order valence-electron chi connectivity index (χ2n) is 4.95. The van der Waals surface area contributed by atoms with Crippen molar-refractivity contribution >= 4 is 51.2 Å². The number of hydrogen-bond donors (Lipinski definition) is 3. The molecule has 0 aliphatic carbocycles. The van der Waals surface area contributed by atoms with Gasteiger partial charge in [-0.15, -0.1) is 0 Å². The summed E-state index contributed by atoms with van der Waals surface area (Å²) in [5, 5.41) is 2.41. The number of rotatable bonds is 4. The van der Waals surface area contributed by atoms with Crippen LogP contribution in [0.4, 0.5) is 0 Å². The van der Waals surface area contributed by atoms with Gasteiger partial charge in [0.05, 0.1) is 12.7 Å². The van der Waals surface area contributed by atoms with Crippen LogP contribution in [0.15, 0.2) is 59.1 Å². The molecular formula is C18H16BrN3O3S. The molecule has 0 heterocycles. The van der Waals surface area contributed by atoms with Gasteiger partial charge in [-0.25, -0.2) is 0 Å². The summed E-state index contributed by atoms with van der Waals surface area (Å²) >= 11 is 8.27. The molecule has 8 heteroatoms. The number of methoxy groups -OCH3 is 1. The lowest BCUT2D eigenvalue weighted by atomic mass is 10.2. The Morgan fingerprint density at radius 3 is 2.50 bits per heavy atom. The van der Waals surface area contributed by atoms with Gasteiger partial charge in [0, 0.05) is 16.1 Å². The zero-order valence-corrected chi connectivity index (χ0v) is 16.2. The van der Waals surface area contributed by atoms with Gasteiger partial charge in [-0.05, 0) is 52.4 Å². The van der Waals surface area contributed by atoms with E-state index < -0.39 is 11.8 Å². The Morgan fingerprint density at radius 2 is 1.77 bits per heavy atom. The Labute approximate surface area is 164 Å². The summed E-state index contributed by atoms with van der Waals surface area (Å²) in [6.45, 7) is 0. The minimum atomic E-state index is -0.441. The summed E-state index contributed by atoms with van der Waals surface area (Å²) in [4.78, 5) is 23.9. The number of benzene rings is 2. The molecule has 6 nitrogen and oxygen atoms in total. The molecular weight excluding hydrogens is 418 g/mol. The molecule has 0 bridgehead atoms. The quantitative estimate of drug-likeness (QED) is 0.392. The monoisotopic (exact) mass is 433 g/mol. The van der Waals surface area contributed by atoms with Crippen molar-refractivity contribution in [1.29, 1.82) is 0 Å². The van der Waals surface area contributed by atoms with Crippen molar-refractivity contribution < 1.29 is 14.3 Å². The van der Waals surface area contributed by atoms with E-state index in [4.69, 9.17) is 17.0 Å². The van der Waals surface area contributed by atoms with Crippen LogP contribution < -0.4 is 20.9 Å². The van der Waals surface area contributed by atoms with E-state index in [1.807, 2.05) is 18.2 Å². The third-order valence-corrected chi connectivity index (χ3v) is 4.09. The number of carbonyl (C=O) groups is 2. The zero-order valence-electron chi connectivity index (χ0n) is 13.8. The van der Waals surface area contributed by atoms with Crippen molar-refractivity contribution in [3.8, 4) is 5.75 Å². The molecule has 0 unspecified atom stereocenters. The molecule has 0 aliphatic heterocycles. The molecule has 0 fully saturated rings. The Bertz CT molecular complexity index is 855. The highest BCUT2D eigenvalue weighted by molar-refractivity contribution is 9.10. The lowest BCUT2D eigenvalue weighted by Crippen LogP contribution is -2.48. The number of ether oxygens (including phenoxy) is 1. The first-order chi connectivity index (χ1) is 12.5. The van der Waals surface area contributed by atoms with Crippen molar-refractivity contribution in [2.45, 2.75) is 0 Å². The van der Waals surface area contributed by atoms with Crippen molar-refractivity contribution in [2.75, 3.05) is 7.11 Å². The summed E-state index contributed by atoms with van der Waals surface area (Å²) in [7, 11) is 1.56. The average Bonchev–Trinajstić information content (AvgIpc) is 2.65. The van der Waals surface area contributed by atoms with Crippen molar-refractivity contribution in [3.63, 3.8) is 0 Å². The van der Waals surface area contributed by atoms with Gasteiger partial charge in [0.25, 0.3) is 5.91 Å². The smallest absolute Gasteiger partial charge is 0.270 e. The van der Waals surface area contributed by atoms with E-state index in [0.717, 1.165) is 5.56 Å². The van der Waals surface area contributed by atoms with Gasteiger partial charge >= 0.3 is 0 Å². The molecule has 2 amide bonds. The third kappa shape index (κ3) is 5.68. The van der Waals surface area contributed by atoms with Gasteiger partial charge in [-0.2, -0.15) is 0 Å². The molecule has 0 radical (unpaired) electrons. The van der Waals surface area contributed by atoms with Crippen molar-refractivity contribution in [1.82, 2.24) is 16.2 Å². The summed E-state index contributed by atoms with van der Waals surface area (Å²) in [5.74, 6) is -0.180.